The first-order valence-electron chi connectivity index (χ1n) is 6.86. The fraction of sp³-hybridized carbons (Fsp3) is 0.500. The van der Waals surface area contributed by atoms with Gasteiger partial charge in [-0.1, -0.05) is 19.9 Å². The minimum Gasteiger partial charge on any atom is -0.309 e. The quantitative estimate of drug-likeness (QED) is 0.788. The van der Waals surface area contributed by atoms with Crippen molar-refractivity contribution < 1.29 is 8.42 Å². The highest BCUT2D eigenvalue weighted by Gasteiger charge is 2.13. The highest BCUT2D eigenvalue weighted by Crippen LogP contribution is 2.23. The maximum atomic E-state index is 11.2. The van der Waals surface area contributed by atoms with E-state index in [1.165, 1.54) is 18.0 Å². The molecule has 116 valence electrons. The van der Waals surface area contributed by atoms with Crippen molar-refractivity contribution in [1.82, 2.24) is 14.7 Å². The van der Waals surface area contributed by atoms with Crippen LogP contribution < -0.4 is 5.32 Å². The van der Waals surface area contributed by atoms with Crippen LogP contribution in [0.5, 0.6) is 0 Å². The molecule has 0 aliphatic heterocycles. The van der Waals surface area contributed by atoms with Crippen LogP contribution >= 0.6 is 11.8 Å². The van der Waals surface area contributed by atoms with Gasteiger partial charge < -0.3 is 9.72 Å². The average molecular weight is 327 g/mol. The Bertz CT molecular complexity index is 708. The molecule has 0 aliphatic rings. The summed E-state index contributed by atoms with van der Waals surface area (Å²) in [4.78, 5) is 4.60. The summed E-state index contributed by atoms with van der Waals surface area (Å²) in [5, 5.41) is 4.30. The van der Waals surface area contributed by atoms with Crippen LogP contribution in [0.25, 0.3) is 5.65 Å². The van der Waals surface area contributed by atoms with Crippen molar-refractivity contribution >= 4 is 27.2 Å². The van der Waals surface area contributed by atoms with Gasteiger partial charge in [-0.3, -0.25) is 0 Å². The van der Waals surface area contributed by atoms with Crippen LogP contribution in [0.2, 0.25) is 0 Å². The molecule has 0 saturated carbocycles. The minimum atomic E-state index is -2.93. The van der Waals surface area contributed by atoms with Gasteiger partial charge in [0.05, 0.1) is 11.4 Å². The van der Waals surface area contributed by atoms with E-state index in [0.717, 1.165) is 16.4 Å². The van der Waals surface area contributed by atoms with E-state index in [9.17, 15) is 8.42 Å². The Labute approximate surface area is 130 Å². The van der Waals surface area contributed by atoms with E-state index in [2.05, 4.69) is 28.5 Å². The van der Waals surface area contributed by atoms with Crippen LogP contribution in [0.1, 0.15) is 19.5 Å². The monoisotopic (exact) mass is 327 g/mol. The van der Waals surface area contributed by atoms with Crippen molar-refractivity contribution in [3.8, 4) is 0 Å². The highest BCUT2D eigenvalue weighted by atomic mass is 32.2. The second kappa shape index (κ2) is 6.81. The van der Waals surface area contributed by atoms with E-state index >= 15 is 0 Å². The third-order valence-corrected chi connectivity index (χ3v) is 5.18. The van der Waals surface area contributed by atoms with Crippen molar-refractivity contribution in [2.24, 2.45) is 0 Å². The molecule has 2 aromatic rings. The number of nitrogens with one attached hydrogen (secondary N) is 1. The summed E-state index contributed by atoms with van der Waals surface area (Å²) in [6.07, 6.45) is 3.25. The van der Waals surface area contributed by atoms with Crippen molar-refractivity contribution in [3.05, 3.63) is 30.1 Å². The molecule has 1 N–H and O–H groups in total. The molecule has 0 aliphatic carbocycles. The molecule has 21 heavy (non-hydrogen) atoms. The topological polar surface area (TPSA) is 63.5 Å². The predicted molar refractivity (Wildman–Crippen MR) is 87.6 cm³/mol. The van der Waals surface area contributed by atoms with Gasteiger partial charge in [-0.2, -0.15) is 0 Å². The SMILES string of the molecule is CC(C)NCc1c(SCCS(C)(=O)=O)nc2ccccn12. The molecule has 0 unspecified atom stereocenters. The maximum Gasteiger partial charge on any atom is 0.148 e. The number of sulfone groups is 1. The second-order valence-corrected chi connectivity index (χ2v) is 8.65. The molecule has 0 bridgehead atoms. The molecule has 2 heterocycles. The Balaban J connectivity index is 2.22. The molecule has 0 radical (unpaired) electrons. The summed E-state index contributed by atoms with van der Waals surface area (Å²) in [7, 11) is -2.93. The number of pyridine rings is 1. The number of aromatic nitrogens is 2. The Morgan fingerprint density at radius 2 is 2.14 bits per heavy atom. The predicted octanol–water partition coefficient (Wildman–Crippen LogP) is 1.97. The van der Waals surface area contributed by atoms with E-state index < -0.39 is 9.84 Å². The van der Waals surface area contributed by atoms with E-state index in [-0.39, 0.29) is 5.75 Å². The first kappa shape index (κ1) is 16.3. The number of rotatable bonds is 7. The number of thioether (sulfide) groups is 1. The van der Waals surface area contributed by atoms with Crippen molar-refractivity contribution in [2.45, 2.75) is 31.5 Å². The van der Waals surface area contributed by atoms with Gasteiger partial charge in [-0.25, -0.2) is 13.4 Å². The summed E-state index contributed by atoms with van der Waals surface area (Å²) in [5.74, 6) is 0.694. The Hall–Kier alpha value is -1.05. The van der Waals surface area contributed by atoms with Gasteiger partial charge in [0, 0.05) is 30.8 Å². The summed E-state index contributed by atoms with van der Waals surface area (Å²) in [5.41, 5.74) is 1.97. The minimum absolute atomic E-state index is 0.169. The number of imidazole rings is 1. The molecule has 2 aromatic heterocycles. The molecule has 0 spiro atoms. The number of hydrogen-bond acceptors (Lipinski definition) is 5. The standard InChI is InChI=1S/C14H21N3O2S2/c1-11(2)15-10-12-14(20-8-9-21(3,18)19)16-13-6-4-5-7-17(12)13/h4-7,11,15H,8-10H2,1-3H3. The Kier molecular flexibility index (Phi) is 5.29. The third-order valence-electron chi connectivity index (χ3n) is 2.96. The zero-order valence-electron chi connectivity index (χ0n) is 12.5. The lowest BCUT2D eigenvalue weighted by Crippen LogP contribution is -2.23. The normalized spacial score (nSPS) is 12.4. The molecule has 0 fully saturated rings. The molecule has 2 rings (SSSR count). The van der Waals surface area contributed by atoms with Crippen LogP contribution in [0.4, 0.5) is 0 Å². The lowest BCUT2D eigenvalue weighted by atomic mass is 10.3. The highest BCUT2D eigenvalue weighted by molar-refractivity contribution is 8.00. The molecule has 0 amide bonds. The molecule has 7 heteroatoms. The molecular weight excluding hydrogens is 306 g/mol. The van der Waals surface area contributed by atoms with Crippen molar-refractivity contribution in [2.75, 3.05) is 17.8 Å². The van der Waals surface area contributed by atoms with Gasteiger partial charge >= 0.3 is 0 Å². The zero-order valence-corrected chi connectivity index (χ0v) is 14.2. The van der Waals surface area contributed by atoms with Crippen LogP contribution in [-0.4, -0.2) is 41.6 Å². The second-order valence-electron chi connectivity index (χ2n) is 5.31. The van der Waals surface area contributed by atoms with E-state index in [4.69, 9.17) is 0 Å². The largest absolute Gasteiger partial charge is 0.309 e. The Morgan fingerprint density at radius 1 is 1.38 bits per heavy atom. The van der Waals surface area contributed by atoms with Crippen molar-refractivity contribution in [1.29, 1.82) is 0 Å². The van der Waals surface area contributed by atoms with Gasteiger partial charge in [0.2, 0.25) is 0 Å². The lowest BCUT2D eigenvalue weighted by molar-refractivity contribution is 0.574. The van der Waals surface area contributed by atoms with Gasteiger partial charge in [0.1, 0.15) is 20.5 Å². The van der Waals surface area contributed by atoms with E-state index in [1.807, 2.05) is 24.4 Å². The average Bonchev–Trinajstić information content (AvgIpc) is 2.72. The first-order valence-corrected chi connectivity index (χ1v) is 9.91. The summed E-state index contributed by atoms with van der Waals surface area (Å²) in [6, 6.07) is 6.26. The van der Waals surface area contributed by atoms with Crippen LogP contribution in [-0.2, 0) is 16.4 Å². The zero-order chi connectivity index (χ0) is 15.5. The van der Waals surface area contributed by atoms with E-state index in [0.29, 0.717) is 18.3 Å². The van der Waals surface area contributed by atoms with Gasteiger partial charge in [-0.15, -0.1) is 11.8 Å². The summed E-state index contributed by atoms with van der Waals surface area (Å²) >= 11 is 1.50. The van der Waals surface area contributed by atoms with Crippen LogP contribution in [0.3, 0.4) is 0 Å². The number of nitrogens with zero attached hydrogens (tertiary/aromatic N) is 2. The smallest absolute Gasteiger partial charge is 0.148 e. The van der Waals surface area contributed by atoms with Crippen LogP contribution in [0.15, 0.2) is 29.4 Å². The van der Waals surface area contributed by atoms with Gasteiger partial charge in [0.25, 0.3) is 0 Å². The van der Waals surface area contributed by atoms with Gasteiger partial charge in [0.15, 0.2) is 0 Å². The molecule has 0 atom stereocenters. The lowest BCUT2D eigenvalue weighted by Gasteiger charge is -2.09. The molecule has 5 nitrogen and oxygen atoms in total. The maximum absolute atomic E-state index is 11.2. The first-order chi connectivity index (χ1) is 9.87. The third kappa shape index (κ3) is 4.72. The molecule has 0 saturated heterocycles. The van der Waals surface area contributed by atoms with Crippen LogP contribution in [0, 0.1) is 0 Å². The Morgan fingerprint density at radius 3 is 2.81 bits per heavy atom. The van der Waals surface area contributed by atoms with E-state index in [1.54, 1.807) is 0 Å². The fourth-order valence-corrected chi connectivity index (χ4v) is 4.12. The number of hydrogen-bond donors (Lipinski definition) is 1. The molecular formula is C14H21N3O2S2. The summed E-state index contributed by atoms with van der Waals surface area (Å²) < 4.78 is 24.5. The molecule has 0 aromatic carbocycles. The fourth-order valence-electron chi connectivity index (χ4n) is 1.89. The summed E-state index contributed by atoms with van der Waals surface area (Å²) in [6.45, 7) is 4.91. The van der Waals surface area contributed by atoms with Crippen molar-refractivity contribution in [3.63, 3.8) is 0 Å². The number of fused-ring (bicyclic) bond motifs is 1. The van der Waals surface area contributed by atoms with Gasteiger partial charge in [-0.05, 0) is 12.1 Å².